The largest absolute Gasteiger partial charge is 0.463 e. The van der Waals surface area contributed by atoms with Crippen molar-refractivity contribution in [2.45, 2.75) is 19.4 Å². The molecule has 8 nitrogen and oxygen atoms in total. The molecule has 0 saturated carbocycles. The Hall–Kier alpha value is -2.44. The second-order valence-corrected chi connectivity index (χ2v) is 10.9. The van der Waals surface area contributed by atoms with Crippen LogP contribution >= 0.6 is 27.3 Å². The van der Waals surface area contributed by atoms with E-state index in [9.17, 15) is 17.6 Å². The second kappa shape index (κ2) is 9.43. The molecule has 1 aromatic heterocycles. The van der Waals surface area contributed by atoms with Gasteiger partial charge in [-0.3, -0.25) is 4.99 Å². The lowest BCUT2D eigenvalue weighted by molar-refractivity contribution is -0.139. The van der Waals surface area contributed by atoms with Crippen LogP contribution in [0, 0.1) is 11.7 Å². The zero-order chi connectivity index (χ0) is 23.8. The molecule has 0 aliphatic carbocycles. The van der Waals surface area contributed by atoms with E-state index >= 15 is 0 Å². The number of aromatic nitrogens is 1. The van der Waals surface area contributed by atoms with Crippen LogP contribution < -0.4 is 0 Å². The zero-order valence-corrected chi connectivity index (χ0v) is 21.0. The molecule has 1 unspecified atom stereocenters. The van der Waals surface area contributed by atoms with Gasteiger partial charge in [-0.2, -0.15) is 4.40 Å². The summed E-state index contributed by atoms with van der Waals surface area (Å²) in [7, 11) is -3.54. The Kier molecular flexibility index (Phi) is 6.78. The van der Waals surface area contributed by atoms with E-state index in [1.165, 1.54) is 29.7 Å². The highest BCUT2D eigenvalue weighted by atomic mass is 79.9. The van der Waals surface area contributed by atoms with Crippen molar-refractivity contribution in [2.24, 2.45) is 15.3 Å². The van der Waals surface area contributed by atoms with Crippen molar-refractivity contribution in [3.05, 3.63) is 61.9 Å². The first-order valence-corrected chi connectivity index (χ1v) is 13.6. The molecule has 0 amide bonds. The highest BCUT2D eigenvalue weighted by Gasteiger charge is 2.42. The monoisotopic (exact) mass is 554 g/mol. The van der Waals surface area contributed by atoms with E-state index in [0.29, 0.717) is 45.1 Å². The summed E-state index contributed by atoms with van der Waals surface area (Å²) < 4.78 is 46.4. The molecule has 1 aromatic carbocycles. The molecular formula is C21H20BrFN4O4S2. The third kappa shape index (κ3) is 5.07. The van der Waals surface area contributed by atoms with E-state index in [4.69, 9.17) is 9.73 Å². The van der Waals surface area contributed by atoms with Gasteiger partial charge in [0, 0.05) is 40.4 Å². The van der Waals surface area contributed by atoms with Crippen molar-refractivity contribution in [1.29, 1.82) is 0 Å². The maximum atomic E-state index is 13.8. The van der Waals surface area contributed by atoms with Crippen molar-refractivity contribution < 1.29 is 22.3 Å². The molecule has 2 aliphatic heterocycles. The van der Waals surface area contributed by atoms with Crippen molar-refractivity contribution >= 4 is 55.3 Å². The minimum Gasteiger partial charge on any atom is -0.463 e. The first-order valence-electron chi connectivity index (χ1n) is 10.0. The first kappa shape index (κ1) is 23.7. The number of fused-ring (bicyclic) bond motifs is 1. The number of sulfonamides is 1. The molecule has 0 N–H and O–H groups in total. The molecule has 3 heterocycles. The van der Waals surface area contributed by atoms with Crippen LogP contribution in [0.2, 0.25) is 0 Å². The summed E-state index contributed by atoms with van der Waals surface area (Å²) in [6.45, 7) is 2.27. The molecular weight excluding hydrogens is 535 g/mol. The van der Waals surface area contributed by atoms with Crippen molar-refractivity contribution in [3.8, 4) is 0 Å². The molecule has 12 heteroatoms. The second-order valence-electron chi connectivity index (χ2n) is 7.50. The number of halogens is 2. The normalized spacial score (nSPS) is 20.8. The standard InChI is InChI=1S/C21H20BrFN4O4S2/c1-3-31-21(28)17-16-8-12(10-25-33(2,29)30)11-27(16)19(20-24-6-7-32-20)26-18(17)14-5-4-13(23)9-15(14)22/h4-7,9-10,12,18H,3,8,11H2,1-2H3/t12?,18-/m0/s1. The van der Waals surface area contributed by atoms with Crippen LogP contribution in [0.1, 0.15) is 30.0 Å². The van der Waals surface area contributed by atoms with Gasteiger partial charge in [0.05, 0.1) is 18.4 Å². The van der Waals surface area contributed by atoms with Crippen LogP contribution in [-0.2, 0) is 19.6 Å². The van der Waals surface area contributed by atoms with Gasteiger partial charge < -0.3 is 9.64 Å². The van der Waals surface area contributed by atoms with Crippen LogP contribution in [0.3, 0.4) is 0 Å². The van der Waals surface area contributed by atoms with Gasteiger partial charge in [0.25, 0.3) is 0 Å². The predicted molar refractivity (Wildman–Crippen MR) is 127 cm³/mol. The highest BCUT2D eigenvalue weighted by Crippen LogP contribution is 2.43. The number of esters is 1. The Bertz CT molecular complexity index is 1280. The first-order chi connectivity index (χ1) is 15.7. The van der Waals surface area contributed by atoms with E-state index in [-0.39, 0.29) is 12.5 Å². The average molecular weight is 555 g/mol. The lowest BCUT2D eigenvalue weighted by Gasteiger charge is -2.31. The fraction of sp³-hybridized carbons (Fsp3) is 0.333. The topological polar surface area (TPSA) is 101 Å². The molecule has 2 atom stereocenters. The van der Waals surface area contributed by atoms with Gasteiger partial charge in [-0.1, -0.05) is 22.0 Å². The predicted octanol–water partition coefficient (Wildman–Crippen LogP) is 3.72. The van der Waals surface area contributed by atoms with Gasteiger partial charge in [-0.05, 0) is 31.0 Å². The molecule has 0 spiro atoms. The molecule has 33 heavy (non-hydrogen) atoms. The molecule has 2 aromatic rings. The zero-order valence-electron chi connectivity index (χ0n) is 17.7. The summed E-state index contributed by atoms with van der Waals surface area (Å²) in [4.78, 5) is 24.2. The third-order valence-electron chi connectivity index (χ3n) is 5.13. The number of ether oxygens (including phenoxy) is 1. The van der Waals surface area contributed by atoms with Gasteiger partial charge in [0.2, 0.25) is 10.0 Å². The van der Waals surface area contributed by atoms with Gasteiger partial charge in [-0.25, -0.2) is 22.6 Å². The number of hydrogen-bond donors (Lipinski definition) is 0. The lowest BCUT2D eigenvalue weighted by atomic mass is 9.94. The molecule has 0 bridgehead atoms. The fourth-order valence-electron chi connectivity index (χ4n) is 3.84. The number of carbonyl (C=O) groups excluding carboxylic acids is 1. The number of aliphatic imine (C=N–C) groups is 1. The molecule has 1 fully saturated rings. The van der Waals surface area contributed by atoms with Crippen molar-refractivity contribution in [3.63, 3.8) is 0 Å². The summed E-state index contributed by atoms with van der Waals surface area (Å²) in [6, 6.07) is 3.47. The van der Waals surface area contributed by atoms with Gasteiger partial charge in [0.1, 0.15) is 11.9 Å². The number of thiazole rings is 1. The smallest absolute Gasteiger partial charge is 0.338 e. The van der Waals surface area contributed by atoms with E-state index in [1.54, 1.807) is 19.2 Å². The Morgan fingerprint density at radius 1 is 1.45 bits per heavy atom. The average Bonchev–Trinajstić information content (AvgIpc) is 3.41. The van der Waals surface area contributed by atoms with E-state index < -0.39 is 27.9 Å². The number of hydrogen-bond acceptors (Lipinski definition) is 8. The van der Waals surface area contributed by atoms with Crippen LogP contribution in [0.5, 0.6) is 0 Å². The Morgan fingerprint density at radius 3 is 2.88 bits per heavy atom. The molecule has 1 saturated heterocycles. The lowest BCUT2D eigenvalue weighted by Crippen LogP contribution is -2.35. The molecule has 174 valence electrons. The Balaban J connectivity index is 1.88. The number of allylic oxidation sites excluding steroid dienone is 1. The summed E-state index contributed by atoms with van der Waals surface area (Å²) in [5.74, 6) is -0.652. The Morgan fingerprint density at radius 2 is 2.24 bits per heavy atom. The third-order valence-corrected chi connectivity index (χ3v) is 7.09. The number of rotatable bonds is 6. The van der Waals surface area contributed by atoms with Crippen LogP contribution in [0.4, 0.5) is 4.39 Å². The number of carbonyl (C=O) groups is 1. The van der Waals surface area contributed by atoms with Gasteiger partial charge >= 0.3 is 5.97 Å². The van der Waals surface area contributed by atoms with Crippen LogP contribution in [0.25, 0.3) is 0 Å². The summed E-state index contributed by atoms with van der Waals surface area (Å²) >= 11 is 4.80. The molecule has 2 aliphatic rings. The quantitative estimate of drug-likeness (QED) is 0.398. The van der Waals surface area contributed by atoms with Crippen LogP contribution in [-0.4, -0.2) is 55.7 Å². The van der Waals surface area contributed by atoms with Crippen LogP contribution in [0.15, 0.2) is 54.9 Å². The van der Waals surface area contributed by atoms with Gasteiger partial charge in [-0.15, -0.1) is 11.3 Å². The van der Waals surface area contributed by atoms with Crippen molar-refractivity contribution in [1.82, 2.24) is 9.88 Å². The minimum absolute atomic E-state index is 0.176. The maximum Gasteiger partial charge on any atom is 0.338 e. The minimum atomic E-state index is -3.54. The van der Waals surface area contributed by atoms with Crippen molar-refractivity contribution in [2.75, 3.05) is 19.4 Å². The molecule has 4 rings (SSSR count). The highest BCUT2D eigenvalue weighted by molar-refractivity contribution is 9.10. The summed E-state index contributed by atoms with van der Waals surface area (Å²) in [6.07, 6.45) is 4.45. The summed E-state index contributed by atoms with van der Waals surface area (Å²) in [5.41, 5.74) is 1.61. The van der Waals surface area contributed by atoms with Gasteiger partial charge in [0.15, 0.2) is 10.8 Å². The van der Waals surface area contributed by atoms with E-state index in [2.05, 4.69) is 25.3 Å². The molecule has 0 radical (unpaired) electrons. The summed E-state index contributed by atoms with van der Waals surface area (Å²) in [5, 5.41) is 2.48. The number of amidine groups is 1. The maximum absolute atomic E-state index is 13.8. The fourth-order valence-corrected chi connectivity index (χ4v) is 5.44. The SMILES string of the molecule is CCOC(=O)C1=C2CC(C=NS(C)(=O)=O)CN2C(c2nccs2)=N[C@H]1c1ccc(F)cc1Br. The van der Waals surface area contributed by atoms with E-state index in [0.717, 1.165) is 6.26 Å². The van der Waals surface area contributed by atoms with E-state index in [1.807, 2.05) is 10.3 Å². The Labute approximate surface area is 203 Å². The number of benzene rings is 1. The number of nitrogens with zero attached hydrogens (tertiary/aromatic N) is 4.